The first-order valence-electron chi connectivity index (χ1n) is 21.2. The molecule has 0 aromatic heterocycles. The highest BCUT2D eigenvalue weighted by atomic mass is 16.6. The van der Waals surface area contributed by atoms with Crippen molar-refractivity contribution in [1.29, 1.82) is 0 Å². The van der Waals surface area contributed by atoms with Crippen LogP contribution in [0.15, 0.2) is 12.2 Å². The van der Waals surface area contributed by atoms with Gasteiger partial charge in [0.1, 0.15) is 13.2 Å². The number of carbonyl (C=O) groups is 3. The van der Waals surface area contributed by atoms with Crippen LogP contribution >= 0.6 is 0 Å². The van der Waals surface area contributed by atoms with Gasteiger partial charge in [-0.15, -0.1) is 0 Å². The first-order chi connectivity index (χ1) is 24.0. The minimum Gasteiger partial charge on any atom is -0.462 e. The first-order valence-corrected chi connectivity index (χ1v) is 21.2. The fourth-order valence-corrected chi connectivity index (χ4v) is 6.25. The summed E-state index contributed by atoms with van der Waals surface area (Å²) in [6, 6.07) is 0. The minimum atomic E-state index is -0.807. The molecule has 49 heavy (non-hydrogen) atoms. The van der Waals surface area contributed by atoms with Crippen LogP contribution in [0.3, 0.4) is 0 Å². The maximum atomic E-state index is 12.3. The lowest BCUT2D eigenvalue weighted by atomic mass is 10.0. The van der Waals surface area contributed by atoms with E-state index in [4.69, 9.17) is 14.2 Å². The minimum absolute atomic E-state index is 0.104. The van der Waals surface area contributed by atoms with Crippen LogP contribution in [0.25, 0.3) is 0 Å². The maximum Gasteiger partial charge on any atom is 0.330 e. The van der Waals surface area contributed by atoms with E-state index < -0.39 is 12.1 Å². The van der Waals surface area contributed by atoms with Gasteiger partial charge in [0.15, 0.2) is 6.10 Å². The molecule has 6 heteroatoms. The second kappa shape index (κ2) is 38.9. The number of esters is 3. The molecule has 0 aliphatic heterocycles. The Bertz CT molecular complexity index is 713. The van der Waals surface area contributed by atoms with E-state index in [-0.39, 0.29) is 25.2 Å². The molecule has 0 aliphatic carbocycles. The molecule has 288 valence electrons. The molecular weight excluding hydrogens is 612 g/mol. The molecule has 6 nitrogen and oxygen atoms in total. The Balaban J connectivity index is 3.87. The molecule has 0 bridgehead atoms. The van der Waals surface area contributed by atoms with Crippen LogP contribution in [0.1, 0.15) is 226 Å². The molecule has 0 atom stereocenters. The summed E-state index contributed by atoms with van der Waals surface area (Å²) >= 11 is 0. The van der Waals surface area contributed by atoms with Crippen molar-refractivity contribution in [2.24, 2.45) is 0 Å². The van der Waals surface area contributed by atoms with E-state index in [1.807, 2.05) is 0 Å². The smallest absolute Gasteiger partial charge is 0.330 e. The molecule has 0 radical (unpaired) electrons. The summed E-state index contributed by atoms with van der Waals surface area (Å²) in [6.07, 6.45) is 41.1. The van der Waals surface area contributed by atoms with Crippen molar-refractivity contribution in [3.8, 4) is 0 Å². The van der Waals surface area contributed by atoms with Crippen LogP contribution in [0.4, 0.5) is 0 Å². The molecule has 0 saturated heterocycles. The topological polar surface area (TPSA) is 78.9 Å². The Morgan fingerprint density at radius 2 is 0.694 bits per heavy atom. The SMILES string of the molecule is CC=CC(=O)OC(COC(=O)CCCCCCCCCCCCCCCCC)COC(=O)CCCCCCCCCCCCCCCCC. The van der Waals surface area contributed by atoms with Gasteiger partial charge in [-0.2, -0.15) is 0 Å². The van der Waals surface area contributed by atoms with E-state index in [2.05, 4.69) is 13.8 Å². The highest BCUT2D eigenvalue weighted by molar-refractivity contribution is 5.82. The fourth-order valence-electron chi connectivity index (χ4n) is 6.25. The zero-order chi connectivity index (χ0) is 35.9. The van der Waals surface area contributed by atoms with E-state index in [0.717, 1.165) is 38.5 Å². The third kappa shape index (κ3) is 37.2. The van der Waals surface area contributed by atoms with E-state index in [0.29, 0.717) is 12.8 Å². The molecule has 0 aromatic rings. The molecule has 0 aliphatic rings. The van der Waals surface area contributed by atoms with Crippen LogP contribution < -0.4 is 0 Å². The van der Waals surface area contributed by atoms with E-state index in [1.165, 1.54) is 160 Å². The van der Waals surface area contributed by atoms with Crippen LogP contribution in [-0.4, -0.2) is 37.2 Å². The van der Waals surface area contributed by atoms with Crippen LogP contribution in [-0.2, 0) is 28.6 Å². The predicted molar refractivity (Wildman–Crippen MR) is 206 cm³/mol. The Hall–Kier alpha value is -1.85. The number of hydrogen-bond acceptors (Lipinski definition) is 6. The Morgan fingerprint density at radius 3 is 0.959 bits per heavy atom. The lowest BCUT2D eigenvalue weighted by molar-refractivity contribution is -0.163. The van der Waals surface area contributed by atoms with Crippen LogP contribution in [0, 0.1) is 0 Å². The molecule has 0 aromatic carbocycles. The summed E-state index contributed by atoms with van der Waals surface area (Å²) in [5.74, 6) is -1.14. The molecule has 0 fully saturated rings. The van der Waals surface area contributed by atoms with Crippen LogP contribution in [0.5, 0.6) is 0 Å². The van der Waals surface area contributed by atoms with Gasteiger partial charge in [0, 0.05) is 18.9 Å². The third-order valence-electron chi connectivity index (χ3n) is 9.41. The molecule has 0 N–H and O–H groups in total. The van der Waals surface area contributed by atoms with Gasteiger partial charge in [-0.3, -0.25) is 9.59 Å². The number of carbonyl (C=O) groups excluding carboxylic acids is 3. The van der Waals surface area contributed by atoms with Crippen molar-refractivity contribution >= 4 is 17.9 Å². The van der Waals surface area contributed by atoms with Gasteiger partial charge in [-0.05, 0) is 19.8 Å². The van der Waals surface area contributed by atoms with Crippen molar-refractivity contribution < 1.29 is 28.6 Å². The molecule has 0 heterocycles. The van der Waals surface area contributed by atoms with Crippen molar-refractivity contribution in [3.05, 3.63) is 12.2 Å². The molecule has 0 unspecified atom stereocenters. The zero-order valence-corrected chi connectivity index (χ0v) is 32.7. The molecule has 0 rings (SSSR count). The average molecular weight is 693 g/mol. The monoisotopic (exact) mass is 693 g/mol. The van der Waals surface area contributed by atoms with Crippen molar-refractivity contribution in [1.82, 2.24) is 0 Å². The summed E-state index contributed by atoms with van der Waals surface area (Å²) in [6.45, 7) is 6.05. The standard InChI is InChI=1S/C43H80O6/c1-4-7-9-11-13-15-17-19-21-23-25-27-29-31-33-36-41(44)47-38-40(49-43(46)35-6-3)39-48-42(45)37-34-32-30-28-26-24-22-20-18-16-14-12-10-8-5-2/h6,35,40H,4-5,7-34,36-39H2,1-3H3. The number of unbranched alkanes of at least 4 members (excludes halogenated alkanes) is 28. The van der Waals surface area contributed by atoms with Gasteiger partial charge in [-0.1, -0.05) is 200 Å². The van der Waals surface area contributed by atoms with Crippen molar-refractivity contribution in [2.45, 2.75) is 232 Å². The lowest BCUT2D eigenvalue weighted by Crippen LogP contribution is -2.30. The lowest BCUT2D eigenvalue weighted by Gasteiger charge is -2.17. The summed E-state index contributed by atoms with van der Waals surface area (Å²) in [4.78, 5) is 36.6. The van der Waals surface area contributed by atoms with Crippen molar-refractivity contribution in [3.63, 3.8) is 0 Å². The predicted octanol–water partition coefficient (Wildman–Crippen LogP) is 13.1. The quantitative estimate of drug-likeness (QED) is 0.0277. The highest BCUT2D eigenvalue weighted by Crippen LogP contribution is 2.16. The van der Waals surface area contributed by atoms with Gasteiger partial charge in [0.05, 0.1) is 0 Å². The molecule has 0 saturated carbocycles. The summed E-state index contributed by atoms with van der Waals surface area (Å²) in [5.41, 5.74) is 0. The van der Waals surface area contributed by atoms with E-state index in [9.17, 15) is 14.4 Å². The maximum absolute atomic E-state index is 12.3. The first kappa shape index (κ1) is 47.1. The Kier molecular flexibility index (Phi) is 37.5. The fraction of sp³-hybridized carbons (Fsp3) is 0.884. The van der Waals surface area contributed by atoms with Gasteiger partial charge in [0.2, 0.25) is 0 Å². The van der Waals surface area contributed by atoms with Gasteiger partial charge >= 0.3 is 17.9 Å². The number of hydrogen-bond donors (Lipinski definition) is 0. The number of ether oxygens (including phenoxy) is 3. The summed E-state index contributed by atoms with van der Waals surface area (Å²) in [7, 11) is 0. The largest absolute Gasteiger partial charge is 0.462 e. The van der Waals surface area contributed by atoms with Crippen molar-refractivity contribution in [2.75, 3.05) is 13.2 Å². The van der Waals surface area contributed by atoms with Gasteiger partial charge < -0.3 is 14.2 Å². The number of allylic oxidation sites excluding steroid dienone is 1. The summed E-state index contributed by atoms with van der Waals surface area (Å²) in [5, 5.41) is 0. The Labute approximate surface area is 303 Å². The summed E-state index contributed by atoms with van der Waals surface area (Å²) < 4.78 is 16.2. The normalized spacial score (nSPS) is 11.4. The second-order valence-corrected chi connectivity index (χ2v) is 14.3. The zero-order valence-electron chi connectivity index (χ0n) is 32.7. The van der Waals surface area contributed by atoms with E-state index >= 15 is 0 Å². The second-order valence-electron chi connectivity index (χ2n) is 14.3. The van der Waals surface area contributed by atoms with Crippen LogP contribution in [0.2, 0.25) is 0 Å². The third-order valence-corrected chi connectivity index (χ3v) is 9.41. The van der Waals surface area contributed by atoms with E-state index in [1.54, 1.807) is 13.0 Å². The highest BCUT2D eigenvalue weighted by Gasteiger charge is 2.18. The van der Waals surface area contributed by atoms with Gasteiger partial charge in [0.25, 0.3) is 0 Å². The molecule has 0 spiro atoms. The van der Waals surface area contributed by atoms with Gasteiger partial charge in [-0.25, -0.2) is 4.79 Å². The molecular formula is C43H80O6. The Morgan fingerprint density at radius 1 is 0.429 bits per heavy atom. The molecule has 0 amide bonds. The number of rotatable bonds is 38. The average Bonchev–Trinajstić information content (AvgIpc) is 3.09.